The lowest BCUT2D eigenvalue weighted by Gasteiger charge is -2.10. The summed E-state index contributed by atoms with van der Waals surface area (Å²) >= 11 is 0. The molecule has 0 saturated carbocycles. The lowest BCUT2D eigenvalue weighted by molar-refractivity contribution is 0.0601. The van der Waals surface area contributed by atoms with E-state index < -0.39 is 0 Å². The van der Waals surface area contributed by atoms with Crippen LogP contribution in [0.2, 0.25) is 0 Å². The normalized spacial score (nSPS) is 10.1. The molecule has 0 radical (unpaired) electrons. The molecule has 0 atom stereocenters. The van der Waals surface area contributed by atoms with Crippen LogP contribution in [0.3, 0.4) is 0 Å². The maximum Gasteiger partial charge on any atom is 0.337 e. The van der Waals surface area contributed by atoms with Gasteiger partial charge in [0.25, 0.3) is 0 Å². The van der Waals surface area contributed by atoms with Crippen molar-refractivity contribution in [2.45, 2.75) is 6.54 Å². The van der Waals surface area contributed by atoms with Crippen LogP contribution < -0.4 is 15.4 Å². The molecule has 138 valence electrons. The maximum atomic E-state index is 11.5. The van der Waals surface area contributed by atoms with E-state index in [1.54, 1.807) is 37.6 Å². The summed E-state index contributed by atoms with van der Waals surface area (Å²) in [5.41, 5.74) is 2.20. The third-order valence-corrected chi connectivity index (χ3v) is 3.77. The predicted octanol–water partition coefficient (Wildman–Crippen LogP) is 3.02. The van der Waals surface area contributed by atoms with Crippen LogP contribution in [0.4, 0.5) is 17.5 Å². The molecule has 0 aliphatic rings. The average molecular weight is 365 g/mol. The first-order valence-corrected chi connectivity index (χ1v) is 8.20. The van der Waals surface area contributed by atoms with Crippen LogP contribution in [0.15, 0.2) is 54.7 Å². The molecular formula is C19H19N5O3. The minimum absolute atomic E-state index is 0.339. The first-order chi connectivity index (χ1) is 13.2. The topological polar surface area (TPSA) is 98.3 Å². The second kappa shape index (κ2) is 8.61. The number of esters is 1. The van der Waals surface area contributed by atoms with Gasteiger partial charge in [-0.05, 0) is 30.3 Å². The average Bonchev–Trinajstić information content (AvgIpc) is 2.72. The highest BCUT2D eigenvalue weighted by Gasteiger charge is 2.07. The van der Waals surface area contributed by atoms with Crippen LogP contribution in [0.25, 0.3) is 0 Å². The minimum atomic E-state index is -0.387. The van der Waals surface area contributed by atoms with Gasteiger partial charge in [0.1, 0.15) is 5.75 Å². The molecule has 2 aromatic carbocycles. The molecule has 0 saturated heterocycles. The lowest BCUT2D eigenvalue weighted by atomic mass is 10.2. The van der Waals surface area contributed by atoms with E-state index >= 15 is 0 Å². The summed E-state index contributed by atoms with van der Waals surface area (Å²) in [6.45, 7) is 0.538. The van der Waals surface area contributed by atoms with Gasteiger partial charge in [0.15, 0.2) is 5.82 Å². The third kappa shape index (κ3) is 4.69. The van der Waals surface area contributed by atoms with E-state index in [0.29, 0.717) is 23.9 Å². The van der Waals surface area contributed by atoms with Crippen LogP contribution in [-0.4, -0.2) is 35.4 Å². The van der Waals surface area contributed by atoms with E-state index in [0.717, 1.165) is 17.0 Å². The Morgan fingerprint density at radius 2 is 1.85 bits per heavy atom. The molecule has 0 aliphatic heterocycles. The summed E-state index contributed by atoms with van der Waals surface area (Å²) in [5.74, 6) is 1.33. The number of hydrogen-bond donors (Lipinski definition) is 2. The van der Waals surface area contributed by atoms with Gasteiger partial charge in [-0.1, -0.05) is 18.2 Å². The van der Waals surface area contributed by atoms with Gasteiger partial charge in [-0.2, -0.15) is 10.1 Å². The highest BCUT2D eigenvalue weighted by Crippen LogP contribution is 2.19. The summed E-state index contributed by atoms with van der Waals surface area (Å²) in [4.78, 5) is 15.9. The minimum Gasteiger partial charge on any atom is -0.496 e. The molecule has 8 nitrogen and oxygen atoms in total. The second-order valence-electron chi connectivity index (χ2n) is 5.52. The Morgan fingerprint density at radius 3 is 2.59 bits per heavy atom. The monoisotopic (exact) mass is 365 g/mol. The van der Waals surface area contributed by atoms with Gasteiger partial charge < -0.3 is 20.1 Å². The Labute approximate surface area is 156 Å². The second-order valence-corrected chi connectivity index (χ2v) is 5.52. The zero-order valence-electron chi connectivity index (χ0n) is 15.0. The maximum absolute atomic E-state index is 11.5. The van der Waals surface area contributed by atoms with Gasteiger partial charge in [-0.3, -0.25) is 0 Å². The molecule has 0 spiro atoms. The summed E-state index contributed by atoms with van der Waals surface area (Å²) in [5, 5.41) is 14.2. The van der Waals surface area contributed by atoms with Crippen molar-refractivity contribution >= 4 is 23.4 Å². The number of aromatic nitrogens is 3. The van der Waals surface area contributed by atoms with E-state index in [4.69, 9.17) is 4.74 Å². The number of ether oxygens (including phenoxy) is 2. The SMILES string of the molecule is COC(=O)c1ccc(Nc2nncc(NCc3ccccc3OC)n2)cc1. The van der Waals surface area contributed by atoms with Gasteiger partial charge in [0, 0.05) is 17.8 Å². The number of benzene rings is 2. The molecule has 3 rings (SSSR count). The van der Waals surface area contributed by atoms with E-state index in [1.165, 1.54) is 7.11 Å². The zero-order chi connectivity index (χ0) is 19.1. The molecule has 8 heteroatoms. The first kappa shape index (κ1) is 18.1. The van der Waals surface area contributed by atoms with Gasteiger partial charge in [0.05, 0.1) is 26.0 Å². The van der Waals surface area contributed by atoms with Crippen molar-refractivity contribution in [2.75, 3.05) is 24.9 Å². The third-order valence-electron chi connectivity index (χ3n) is 3.77. The van der Waals surface area contributed by atoms with Crippen LogP contribution in [0.5, 0.6) is 5.75 Å². The molecule has 27 heavy (non-hydrogen) atoms. The number of methoxy groups -OCH3 is 2. The van der Waals surface area contributed by atoms with E-state index in [9.17, 15) is 4.79 Å². The molecule has 0 aliphatic carbocycles. The Bertz CT molecular complexity index is 915. The fourth-order valence-electron chi connectivity index (χ4n) is 2.41. The van der Waals surface area contributed by atoms with Crippen LogP contribution in [0.1, 0.15) is 15.9 Å². The number of carbonyl (C=O) groups is 1. The number of hydrogen-bond acceptors (Lipinski definition) is 8. The highest BCUT2D eigenvalue weighted by molar-refractivity contribution is 5.89. The van der Waals surface area contributed by atoms with E-state index in [-0.39, 0.29) is 5.97 Å². The van der Waals surface area contributed by atoms with Crippen molar-refractivity contribution in [2.24, 2.45) is 0 Å². The van der Waals surface area contributed by atoms with Crippen LogP contribution in [0, 0.1) is 0 Å². The number of anilines is 3. The molecule has 1 heterocycles. The predicted molar refractivity (Wildman–Crippen MR) is 101 cm³/mol. The molecule has 2 N–H and O–H groups in total. The fourth-order valence-corrected chi connectivity index (χ4v) is 2.41. The highest BCUT2D eigenvalue weighted by atomic mass is 16.5. The Kier molecular flexibility index (Phi) is 5.78. The molecule has 0 bridgehead atoms. The number of nitrogens with zero attached hydrogens (tertiary/aromatic N) is 3. The largest absolute Gasteiger partial charge is 0.496 e. The number of nitrogens with one attached hydrogen (secondary N) is 2. The van der Waals surface area contributed by atoms with Crippen molar-refractivity contribution in [3.8, 4) is 5.75 Å². The van der Waals surface area contributed by atoms with Crippen molar-refractivity contribution in [1.29, 1.82) is 0 Å². The van der Waals surface area contributed by atoms with E-state index in [1.807, 2.05) is 24.3 Å². The number of carbonyl (C=O) groups excluding carboxylic acids is 1. The van der Waals surface area contributed by atoms with Crippen molar-refractivity contribution < 1.29 is 14.3 Å². The summed E-state index contributed by atoms with van der Waals surface area (Å²) in [6, 6.07) is 14.5. The van der Waals surface area contributed by atoms with Crippen LogP contribution in [-0.2, 0) is 11.3 Å². The lowest BCUT2D eigenvalue weighted by Crippen LogP contribution is -2.06. The zero-order valence-corrected chi connectivity index (χ0v) is 15.0. The van der Waals surface area contributed by atoms with Crippen LogP contribution >= 0.6 is 0 Å². The van der Waals surface area contributed by atoms with Crippen molar-refractivity contribution in [3.05, 3.63) is 65.9 Å². The van der Waals surface area contributed by atoms with Crippen molar-refractivity contribution in [1.82, 2.24) is 15.2 Å². The summed E-state index contributed by atoms with van der Waals surface area (Å²) < 4.78 is 10.0. The summed E-state index contributed by atoms with van der Waals surface area (Å²) in [6.07, 6.45) is 1.54. The van der Waals surface area contributed by atoms with Gasteiger partial charge >= 0.3 is 5.97 Å². The van der Waals surface area contributed by atoms with Gasteiger partial charge in [-0.25, -0.2) is 4.79 Å². The molecule has 0 fully saturated rings. The Morgan fingerprint density at radius 1 is 1.07 bits per heavy atom. The molecular weight excluding hydrogens is 346 g/mol. The number of rotatable bonds is 7. The summed E-state index contributed by atoms with van der Waals surface area (Å²) in [7, 11) is 2.98. The Balaban J connectivity index is 1.66. The Hall–Kier alpha value is -3.68. The molecule has 0 amide bonds. The first-order valence-electron chi connectivity index (χ1n) is 8.20. The van der Waals surface area contributed by atoms with E-state index in [2.05, 4.69) is 30.6 Å². The standard InChI is InChI=1S/C19H19N5O3/c1-26-16-6-4-3-5-14(16)11-20-17-12-21-24-19(23-17)22-15-9-7-13(8-10-15)18(25)27-2/h3-10,12H,11H2,1-2H3,(H2,20,22,23,24). The molecule has 0 unspecified atom stereocenters. The van der Waals surface area contributed by atoms with Gasteiger partial charge in [-0.15, -0.1) is 5.10 Å². The smallest absolute Gasteiger partial charge is 0.337 e. The molecule has 3 aromatic rings. The van der Waals surface area contributed by atoms with Crippen molar-refractivity contribution in [3.63, 3.8) is 0 Å². The quantitative estimate of drug-likeness (QED) is 0.617. The number of para-hydroxylation sites is 1. The fraction of sp³-hybridized carbons (Fsp3) is 0.158. The molecule has 1 aromatic heterocycles. The van der Waals surface area contributed by atoms with Gasteiger partial charge in [0.2, 0.25) is 5.95 Å².